The van der Waals surface area contributed by atoms with Gasteiger partial charge in [0.05, 0.1) is 62.5 Å². The zero-order chi connectivity index (χ0) is 68.4. The molecule has 7 aliphatic carbocycles. The number of hydrogen-bond donors (Lipinski definition) is 3. The van der Waals surface area contributed by atoms with Crippen molar-refractivity contribution in [3.8, 4) is 0 Å². The molecule has 4 saturated carbocycles. The van der Waals surface area contributed by atoms with Gasteiger partial charge in [0, 0.05) is 40.0 Å². The molecule has 16 heteroatoms. The van der Waals surface area contributed by atoms with Crippen molar-refractivity contribution in [2.75, 3.05) is 13.2 Å². The normalized spacial score (nSPS) is 21.3. The maximum absolute atomic E-state index is 13.7. The van der Waals surface area contributed by atoms with Gasteiger partial charge in [-0.2, -0.15) is 15.3 Å². The second-order valence-corrected chi connectivity index (χ2v) is 28.1. The van der Waals surface area contributed by atoms with Crippen LogP contribution >= 0.6 is 0 Å². The summed E-state index contributed by atoms with van der Waals surface area (Å²) in [5, 5.41) is 24.2. The van der Waals surface area contributed by atoms with Crippen molar-refractivity contribution in [2.24, 2.45) is 35.5 Å². The first-order chi connectivity index (χ1) is 48.4. The first-order valence-electron chi connectivity index (χ1n) is 36.1. The third kappa shape index (κ3) is 15.8. The molecule has 16 rings (SSSR count). The van der Waals surface area contributed by atoms with Gasteiger partial charge in [-0.25, -0.2) is 0 Å². The van der Waals surface area contributed by atoms with Gasteiger partial charge in [0.2, 0.25) is 0 Å². The molecule has 16 nitrogen and oxygen atoms in total. The predicted molar refractivity (Wildman–Crippen MR) is 382 cm³/mol. The highest BCUT2D eigenvalue weighted by Crippen LogP contribution is 2.54. The Balaban J connectivity index is 0.000000133. The lowest BCUT2D eigenvalue weighted by atomic mass is 9.54. The van der Waals surface area contributed by atoms with Crippen LogP contribution in [0.2, 0.25) is 0 Å². The van der Waals surface area contributed by atoms with Gasteiger partial charge in [-0.3, -0.25) is 38.0 Å². The third-order valence-corrected chi connectivity index (χ3v) is 21.5. The van der Waals surface area contributed by atoms with Crippen molar-refractivity contribution < 1.29 is 33.4 Å². The van der Waals surface area contributed by atoms with Gasteiger partial charge in [-0.15, -0.1) is 0 Å². The fraction of sp³-hybridized carbons (Fsp3) is 0.398. The van der Waals surface area contributed by atoms with E-state index in [4.69, 9.17) is 24.8 Å². The fourth-order valence-corrected chi connectivity index (χ4v) is 16.8. The number of aromatic nitrogens is 6. The van der Waals surface area contributed by atoms with Crippen molar-refractivity contribution in [3.05, 3.63) is 266 Å². The van der Waals surface area contributed by atoms with Gasteiger partial charge in [0.15, 0.2) is 17.1 Å². The predicted octanol–water partition coefficient (Wildman–Crippen LogP) is 14.1. The molecule has 0 spiro atoms. The highest BCUT2D eigenvalue weighted by Gasteiger charge is 2.49. The van der Waals surface area contributed by atoms with Crippen molar-refractivity contribution in [1.29, 1.82) is 0 Å². The number of esters is 2. The molecule has 4 fully saturated rings. The Morgan fingerprint density at radius 2 is 0.838 bits per heavy atom. The van der Waals surface area contributed by atoms with E-state index in [2.05, 4.69) is 99.5 Å². The highest BCUT2D eigenvalue weighted by molar-refractivity contribution is 5.96. The smallest absolute Gasteiger partial charge is 0.309 e. The summed E-state index contributed by atoms with van der Waals surface area (Å²) in [5.41, 5.74) is 14.6. The molecule has 7 aliphatic rings. The highest BCUT2D eigenvalue weighted by atomic mass is 16.5. The van der Waals surface area contributed by atoms with Gasteiger partial charge in [0.1, 0.15) is 0 Å². The summed E-state index contributed by atoms with van der Waals surface area (Å²) in [6.07, 6.45) is 13.4. The van der Waals surface area contributed by atoms with Crippen LogP contribution in [0.5, 0.6) is 0 Å². The Hall–Kier alpha value is -9.70. The lowest BCUT2D eigenvalue weighted by Crippen LogP contribution is -2.56. The lowest BCUT2D eigenvalue weighted by molar-refractivity contribution is -0.149. The van der Waals surface area contributed by atoms with Crippen LogP contribution in [0.15, 0.2) is 182 Å². The van der Waals surface area contributed by atoms with E-state index in [1.807, 2.05) is 140 Å². The molecule has 0 radical (unpaired) electrons. The number of fused-ring (bicyclic) bond motifs is 3. The molecular formula is C83H93N9O7. The SMILES string of the molecule is CC(NC(=O)c1nn(Cc2ccccc2)c2c1CCCC2c1ccccc1)c1ccccc1.CCOC(=O)C1CCc2c(c(C(=O)NC(C)c3ccccc3)nn2Cc2ccccc2)C1.CCOC(=O)C1CCc2c(c(C(=O)NC3C4CC5CC(C4)CC3C5)nn2Cc2ccccc2)C1. The Labute approximate surface area is 581 Å². The van der Waals surface area contributed by atoms with Gasteiger partial charge in [0.25, 0.3) is 17.7 Å². The molecule has 9 aromatic rings. The molecule has 3 aromatic heterocycles. The van der Waals surface area contributed by atoms with Gasteiger partial charge < -0.3 is 25.4 Å². The van der Waals surface area contributed by atoms with Crippen molar-refractivity contribution in [3.63, 3.8) is 0 Å². The number of carbonyl (C=O) groups excluding carboxylic acids is 5. The average Bonchev–Trinajstić information content (AvgIpc) is 1.63. The van der Waals surface area contributed by atoms with E-state index in [-0.39, 0.29) is 65.5 Å². The number of ether oxygens (including phenoxy) is 2. The first kappa shape index (κ1) is 67.9. The fourth-order valence-electron chi connectivity index (χ4n) is 16.8. The molecule has 0 saturated heterocycles. The zero-order valence-electron chi connectivity index (χ0n) is 57.6. The van der Waals surface area contributed by atoms with Gasteiger partial charge in [-0.1, -0.05) is 182 Å². The maximum Gasteiger partial charge on any atom is 0.309 e. The molecule has 3 N–H and O–H groups in total. The van der Waals surface area contributed by atoms with Gasteiger partial charge in [-0.05, 0) is 175 Å². The first-order valence-corrected chi connectivity index (χ1v) is 36.1. The lowest BCUT2D eigenvalue weighted by Gasteiger charge is -2.54. The molecule has 5 unspecified atom stereocenters. The summed E-state index contributed by atoms with van der Waals surface area (Å²) in [6, 6.07) is 61.3. The summed E-state index contributed by atoms with van der Waals surface area (Å²) in [7, 11) is 0. The molecule has 99 heavy (non-hydrogen) atoms. The van der Waals surface area contributed by atoms with Crippen LogP contribution in [0, 0.1) is 35.5 Å². The second kappa shape index (κ2) is 31.4. The Kier molecular flexibility index (Phi) is 21.5. The summed E-state index contributed by atoms with van der Waals surface area (Å²) in [4.78, 5) is 65.3. The van der Waals surface area contributed by atoms with Crippen LogP contribution in [0.4, 0.5) is 0 Å². The standard InChI is InChI=1S/C29H29N3O.C28H35N3O3.C26H29N3O3/c1-21(23-14-7-3-8-15-23)30-29(33)27-26-19-11-18-25(24-16-9-4-10-17-24)28(26)32(31-27)20-22-12-5-2-6-13-22;1-2-34-28(33)20-8-9-24-23(15-20)26(30-31(24)16-17-6-4-3-5-7-17)27(32)29-25-21-11-18-10-19(13-21)14-22(25)12-18;1-3-32-26(31)21-14-15-23-22(16-21)24(28-29(23)17-19-10-6-4-7-11-19)25(30)27-18(2)20-12-8-5-9-13-20/h2-10,12-17,21,25H,11,18-20H2,1H3,(H,30,33);3-7,18-22,25H,2,8-16H2,1H3,(H,29,32);4-13,18,21H,3,14-17H2,1-2H3,(H,27,30). The second-order valence-electron chi connectivity index (χ2n) is 28.1. The molecule has 5 atom stereocenters. The minimum absolute atomic E-state index is 0.0509. The topological polar surface area (TPSA) is 193 Å². The van der Waals surface area contributed by atoms with Crippen LogP contribution in [-0.4, -0.2) is 78.3 Å². The molecule has 3 amide bonds. The number of amides is 3. The average molecular weight is 1330 g/mol. The molecular weight excluding hydrogens is 1230 g/mol. The Morgan fingerprint density at radius 1 is 0.455 bits per heavy atom. The van der Waals surface area contributed by atoms with E-state index in [0.29, 0.717) is 87.4 Å². The Morgan fingerprint density at radius 3 is 1.27 bits per heavy atom. The van der Waals surface area contributed by atoms with E-state index in [1.165, 1.54) is 48.9 Å². The number of carbonyl (C=O) groups is 5. The monoisotopic (exact) mass is 1330 g/mol. The van der Waals surface area contributed by atoms with E-state index in [0.717, 1.165) is 94.3 Å². The molecule has 6 aromatic carbocycles. The van der Waals surface area contributed by atoms with Gasteiger partial charge >= 0.3 is 11.9 Å². The number of benzene rings is 6. The maximum atomic E-state index is 13.7. The van der Waals surface area contributed by atoms with E-state index < -0.39 is 0 Å². The molecule has 3 heterocycles. The van der Waals surface area contributed by atoms with Crippen LogP contribution < -0.4 is 16.0 Å². The zero-order valence-corrected chi connectivity index (χ0v) is 57.6. The van der Waals surface area contributed by atoms with E-state index in [9.17, 15) is 24.0 Å². The number of nitrogens with one attached hydrogen (secondary N) is 3. The third-order valence-electron chi connectivity index (χ3n) is 21.5. The van der Waals surface area contributed by atoms with E-state index >= 15 is 0 Å². The number of nitrogens with zero attached hydrogens (tertiary/aromatic N) is 6. The Bertz CT molecular complexity index is 4200. The summed E-state index contributed by atoms with van der Waals surface area (Å²) in [6.45, 7) is 10.3. The summed E-state index contributed by atoms with van der Waals surface area (Å²) in [5.74, 6) is 2.09. The molecule has 512 valence electrons. The van der Waals surface area contributed by atoms with Crippen molar-refractivity contribution >= 4 is 29.7 Å². The van der Waals surface area contributed by atoms with E-state index in [1.54, 1.807) is 0 Å². The van der Waals surface area contributed by atoms with Crippen LogP contribution in [0.3, 0.4) is 0 Å². The van der Waals surface area contributed by atoms with Crippen molar-refractivity contribution in [1.82, 2.24) is 45.3 Å². The number of hydrogen-bond acceptors (Lipinski definition) is 10. The molecule has 0 aliphatic heterocycles. The minimum Gasteiger partial charge on any atom is -0.466 e. The van der Waals surface area contributed by atoms with Crippen molar-refractivity contribution in [2.45, 2.75) is 161 Å². The summed E-state index contributed by atoms with van der Waals surface area (Å²) >= 11 is 0. The molecule has 4 bridgehead atoms. The number of rotatable bonds is 19. The van der Waals surface area contributed by atoms with Crippen LogP contribution in [-0.2, 0) is 70.8 Å². The minimum atomic E-state index is -0.241. The summed E-state index contributed by atoms with van der Waals surface area (Å²) < 4.78 is 16.6. The largest absolute Gasteiger partial charge is 0.466 e. The quantitative estimate of drug-likeness (QED) is 0.0656. The van der Waals surface area contributed by atoms with Crippen LogP contribution in [0.25, 0.3) is 0 Å². The van der Waals surface area contributed by atoms with Crippen LogP contribution in [0.1, 0.15) is 202 Å².